The van der Waals surface area contributed by atoms with Gasteiger partial charge < -0.3 is 15.0 Å². The Morgan fingerprint density at radius 2 is 2.00 bits per heavy atom. The minimum Gasteiger partial charge on any atom is -0.550 e. The summed E-state index contributed by atoms with van der Waals surface area (Å²) in [6.45, 7) is 2.13. The molecule has 0 heterocycles. The highest BCUT2D eigenvalue weighted by atomic mass is 16.4. The second-order valence-electron chi connectivity index (χ2n) is 3.41. The predicted molar refractivity (Wildman–Crippen MR) is 49.0 cm³/mol. The lowest BCUT2D eigenvalue weighted by Gasteiger charge is -2.10. The summed E-state index contributed by atoms with van der Waals surface area (Å²) in [5.41, 5.74) is 0. The number of aliphatic carboxylic acids is 1. The van der Waals surface area contributed by atoms with Crippen molar-refractivity contribution in [2.75, 3.05) is 0 Å². The number of carbonyl (C=O) groups excluding carboxylic acids is 1. The van der Waals surface area contributed by atoms with Crippen molar-refractivity contribution in [2.24, 2.45) is 0 Å². The number of carbonyl (C=O) groups is 1. The molecule has 0 unspecified atom stereocenters. The molecule has 0 aliphatic rings. The second-order valence-corrected chi connectivity index (χ2v) is 3.41. The standard InChI is InChI=1S/C10H20O3/c1-2-3-4-5-6-9(11)7-8-10(12)13/h9,11H,2-8H2,1H3,(H,12,13)/p-1/t9-/m0/s1. The van der Waals surface area contributed by atoms with Crippen LogP contribution in [0.2, 0.25) is 0 Å². The summed E-state index contributed by atoms with van der Waals surface area (Å²) in [5, 5.41) is 19.4. The zero-order valence-electron chi connectivity index (χ0n) is 8.29. The molecule has 0 fully saturated rings. The van der Waals surface area contributed by atoms with Crippen LogP contribution in [-0.4, -0.2) is 17.2 Å². The van der Waals surface area contributed by atoms with E-state index in [0.29, 0.717) is 12.8 Å². The number of unbranched alkanes of at least 4 members (excludes halogenated alkanes) is 3. The fourth-order valence-corrected chi connectivity index (χ4v) is 1.24. The highest BCUT2D eigenvalue weighted by Gasteiger charge is 2.03. The van der Waals surface area contributed by atoms with Gasteiger partial charge >= 0.3 is 0 Å². The van der Waals surface area contributed by atoms with E-state index in [-0.39, 0.29) is 6.42 Å². The Bertz CT molecular complexity index is 134. The van der Waals surface area contributed by atoms with Crippen molar-refractivity contribution in [1.82, 2.24) is 0 Å². The van der Waals surface area contributed by atoms with Crippen molar-refractivity contribution < 1.29 is 15.0 Å². The number of carboxylic acid groups (broad SMARTS) is 1. The molecule has 0 rings (SSSR count). The molecule has 3 nitrogen and oxygen atoms in total. The van der Waals surface area contributed by atoms with Crippen molar-refractivity contribution in [2.45, 2.75) is 58.0 Å². The molecule has 3 heteroatoms. The molecule has 1 N–H and O–H groups in total. The molecule has 0 aromatic rings. The van der Waals surface area contributed by atoms with Crippen LogP contribution in [0.3, 0.4) is 0 Å². The average Bonchev–Trinajstić information content (AvgIpc) is 2.09. The molecular formula is C10H19O3-. The van der Waals surface area contributed by atoms with E-state index < -0.39 is 12.1 Å². The van der Waals surface area contributed by atoms with Crippen molar-refractivity contribution in [1.29, 1.82) is 0 Å². The van der Waals surface area contributed by atoms with Crippen molar-refractivity contribution in [3.8, 4) is 0 Å². The molecule has 0 aromatic carbocycles. The number of carboxylic acids is 1. The number of rotatable bonds is 8. The molecule has 0 aromatic heterocycles. The topological polar surface area (TPSA) is 60.4 Å². The van der Waals surface area contributed by atoms with Crippen LogP contribution in [0.5, 0.6) is 0 Å². The zero-order chi connectivity index (χ0) is 10.1. The minimum atomic E-state index is -1.08. The number of aliphatic hydroxyl groups is 1. The summed E-state index contributed by atoms with van der Waals surface area (Å²) in [7, 11) is 0. The molecule has 0 saturated heterocycles. The second kappa shape index (κ2) is 8.05. The summed E-state index contributed by atoms with van der Waals surface area (Å²) in [5.74, 6) is -1.08. The molecule has 0 radical (unpaired) electrons. The Morgan fingerprint density at radius 3 is 2.54 bits per heavy atom. The van der Waals surface area contributed by atoms with E-state index >= 15 is 0 Å². The summed E-state index contributed by atoms with van der Waals surface area (Å²) in [6, 6.07) is 0. The first kappa shape index (κ1) is 12.4. The van der Waals surface area contributed by atoms with Crippen LogP contribution in [0, 0.1) is 0 Å². The Balaban J connectivity index is 3.19. The zero-order valence-corrected chi connectivity index (χ0v) is 8.29. The van der Waals surface area contributed by atoms with Crippen molar-refractivity contribution in [3.05, 3.63) is 0 Å². The molecule has 0 spiro atoms. The maximum Gasteiger partial charge on any atom is 0.0543 e. The van der Waals surface area contributed by atoms with Gasteiger partial charge in [-0.3, -0.25) is 0 Å². The molecule has 1 atom stereocenters. The number of aliphatic hydroxyl groups excluding tert-OH is 1. The Labute approximate surface area is 79.8 Å². The van der Waals surface area contributed by atoms with Gasteiger partial charge in [-0.2, -0.15) is 0 Å². The summed E-state index contributed by atoms with van der Waals surface area (Å²) >= 11 is 0. The lowest BCUT2D eigenvalue weighted by Crippen LogP contribution is -2.23. The molecule has 0 bridgehead atoms. The quantitative estimate of drug-likeness (QED) is 0.573. The molecule has 0 aliphatic heterocycles. The van der Waals surface area contributed by atoms with E-state index in [9.17, 15) is 15.0 Å². The van der Waals surface area contributed by atoms with Crippen LogP contribution < -0.4 is 5.11 Å². The fraction of sp³-hybridized carbons (Fsp3) is 0.900. The van der Waals surface area contributed by atoms with E-state index in [0.717, 1.165) is 12.8 Å². The van der Waals surface area contributed by atoms with Gasteiger partial charge in [0.2, 0.25) is 0 Å². The third kappa shape index (κ3) is 9.34. The maximum absolute atomic E-state index is 10.1. The highest BCUT2D eigenvalue weighted by molar-refractivity contribution is 5.64. The normalized spacial score (nSPS) is 12.8. The molecule has 0 amide bonds. The van der Waals surface area contributed by atoms with Gasteiger partial charge in [0.15, 0.2) is 0 Å². The van der Waals surface area contributed by atoms with Gasteiger partial charge in [-0.15, -0.1) is 0 Å². The predicted octanol–water partition coefficient (Wildman–Crippen LogP) is 0.848. The number of hydrogen-bond donors (Lipinski definition) is 1. The Kier molecular flexibility index (Phi) is 7.69. The van der Waals surface area contributed by atoms with Crippen LogP contribution in [-0.2, 0) is 4.79 Å². The fourth-order valence-electron chi connectivity index (χ4n) is 1.24. The minimum absolute atomic E-state index is 0.0328. The van der Waals surface area contributed by atoms with Crippen LogP contribution in [0.25, 0.3) is 0 Å². The SMILES string of the molecule is CCCCCC[C@H](O)CCC(=O)[O-]. The van der Waals surface area contributed by atoms with Crippen LogP contribution in [0.15, 0.2) is 0 Å². The number of hydrogen-bond acceptors (Lipinski definition) is 3. The van der Waals surface area contributed by atoms with Gasteiger partial charge in [0.1, 0.15) is 0 Å². The third-order valence-corrected chi connectivity index (χ3v) is 2.07. The van der Waals surface area contributed by atoms with E-state index in [4.69, 9.17) is 0 Å². The highest BCUT2D eigenvalue weighted by Crippen LogP contribution is 2.08. The first-order valence-corrected chi connectivity index (χ1v) is 5.04. The smallest absolute Gasteiger partial charge is 0.0543 e. The lowest BCUT2D eigenvalue weighted by molar-refractivity contribution is -0.306. The maximum atomic E-state index is 10.1. The van der Waals surface area contributed by atoms with Crippen molar-refractivity contribution >= 4 is 5.97 Å². The van der Waals surface area contributed by atoms with Crippen LogP contribution in [0.4, 0.5) is 0 Å². The van der Waals surface area contributed by atoms with Gasteiger partial charge in [0, 0.05) is 5.97 Å². The van der Waals surface area contributed by atoms with E-state index in [2.05, 4.69) is 6.92 Å². The summed E-state index contributed by atoms with van der Waals surface area (Å²) < 4.78 is 0. The van der Waals surface area contributed by atoms with Gasteiger partial charge in [-0.1, -0.05) is 32.6 Å². The monoisotopic (exact) mass is 187 g/mol. The lowest BCUT2D eigenvalue weighted by atomic mass is 10.1. The largest absolute Gasteiger partial charge is 0.550 e. The van der Waals surface area contributed by atoms with E-state index in [1.807, 2.05) is 0 Å². The van der Waals surface area contributed by atoms with Crippen LogP contribution in [0.1, 0.15) is 51.9 Å². The summed E-state index contributed by atoms with van der Waals surface area (Å²) in [4.78, 5) is 10.1. The molecule has 13 heavy (non-hydrogen) atoms. The van der Waals surface area contributed by atoms with E-state index in [1.165, 1.54) is 12.8 Å². The summed E-state index contributed by atoms with van der Waals surface area (Å²) in [6.07, 6.45) is 5.02. The van der Waals surface area contributed by atoms with E-state index in [1.54, 1.807) is 0 Å². The molecule has 0 saturated carbocycles. The first-order chi connectivity index (χ1) is 6.16. The average molecular weight is 187 g/mol. The molecule has 0 aliphatic carbocycles. The molecular weight excluding hydrogens is 168 g/mol. The van der Waals surface area contributed by atoms with Gasteiger partial charge in [0.25, 0.3) is 0 Å². The van der Waals surface area contributed by atoms with Gasteiger partial charge in [-0.25, -0.2) is 0 Å². The first-order valence-electron chi connectivity index (χ1n) is 5.04. The van der Waals surface area contributed by atoms with Crippen LogP contribution >= 0.6 is 0 Å². The van der Waals surface area contributed by atoms with Gasteiger partial charge in [0.05, 0.1) is 6.10 Å². The Morgan fingerprint density at radius 1 is 1.31 bits per heavy atom. The molecule has 78 valence electrons. The van der Waals surface area contributed by atoms with Gasteiger partial charge in [-0.05, 0) is 19.3 Å². The Hall–Kier alpha value is -0.570. The third-order valence-electron chi connectivity index (χ3n) is 2.07. The van der Waals surface area contributed by atoms with Crippen molar-refractivity contribution in [3.63, 3.8) is 0 Å².